The van der Waals surface area contributed by atoms with Gasteiger partial charge in [-0.15, -0.1) is 0 Å². The molecule has 0 radical (unpaired) electrons. The first-order valence-corrected chi connectivity index (χ1v) is 9.48. The minimum Gasteiger partial charge on any atom is -0.492 e. The van der Waals surface area contributed by atoms with Gasteiger partial charge < -0.3 is 10.1 Å². The molecule has 0 atom stereocenters. The molecule has 5 nitrogen and oxygen atoms in total. The van der Waals surface area contributed by atoms with Gasteiger partial charge in [0.15, 0.2) is 5.16 Å². The summed E-state index contributed by atoms with van der Waals surface area (Å²) >= 11 is 0.324. The van der Waals surface area contributed by atoms with Crippen LogP contribution < -0.4 is 10.1 Å². The number of hydrogen-bond donors (Lipinski definition) is 1. The average molecular weight is 395 g/mol. The molecule has 0 aliphatic carbocycles. The van der Waals surface area contributed by atoms with Gasteiger partial charge >= 0.3 is 0 Å². The lowest BCUT2D eigenvalue weighted by Gasteiger charge is -2.11. The van der Waals surface area contributed by atoms with E-state index in [1.54, 1.807) is 13.8 Å². The number of aromatic nitrogens is 2. The quantitative estimate of drug-likeness (QED) is 0.397. The Hall–Kier alpha value is -2.22. The van der Waals surface area contributed by atoms with Gasteiger partial charge in [-0.2, -0.15) is 8.78 Å². The highest BCUT2D eigenvalue weighted by Crippen LogP contribution is 2.24. The van der Waals surface area contributed by atoms with Crippen molar-refractivity contribution in [1.29, 1.82) is 0 Å². The molecule has 0 saturated carbocycles. The number of aryl methyl sites for hydroxylation is 3. The number of amides is 1. The molecule has 1 heterocycles. The molecule has 0 spiro atoms. The fraction of sp³-hybridized carbons (Fsp3) is 0.421. The number of hydrogen-bond acceptors (Lipinski definition) is 5. The third kappa shape index (κ3) is 7.13. The number of nitrogens with one attached hydrogen (secondary N) is 1. The Balaban J connectivity index is 1.76. The third-order valence-electron chi connectivity index (χ3n) is 3.88. The van der Waals surface area contributed by atoms with Crippen molar-refractivity contribution in [2.75, 3.05) is 13.2 Å². The van der Waals surface area contributed by atoms with Gasteiger partial charge in [0.25, 0.3) is 5.76 Å². The van der Waals surface area contributed by atoms with Crippen LogP contribution in [0.15, 0.2) is 29.4 Å². The highest BCUT2D eigenvalue weighted by Gasteiger charge is 2.14. The summed E-state index contributed by atoms with van der Waals surface area (Å²) in [5.74, 6) is -1.88. The summed E-state index contributed by atoms with van der Waals surface area (Å²) in [6, 6.07) is 7.71. The van der Waals surface area contributed by atoms with Gasteiger partial charge in [-0.1, -0.05) is 12.1 Å². The molecule has 1 aromatic carbocycles. The van der Waals surface area contributed by atoms with E-state index < -0.39 is 5.76 Å². The fourth-order valence-electron chi connectivity index (χ4n) is 2.59. The second-order valence-electron chi connectivity index (χ2n) is 6.05. The Bertz CT molecular complexity index is 764. The summed E-state index contributed by atoms with van der Waals surface area (Å²) in [7, 11) is 0. The zero-order valence-electron chi connectivity index (χ0n) is 15.6. The first-order chi connectivity index (χ1) is 12.8. The Morgan fingerprint density at radius 1 is 1.22 bits per heavy atom. The predicted molar refractivity (Wildman–Crippen MR) is 101 cm³/mol. The number of nitrogens with zero attached hydrogens (tertiary/aromatic N) is 2. The average Bonchev–Trinajstić information content (AvgIpc) is 2.57. The molecule has 0 aliphatic rings. The van der Waals surface area contributed by atoms with Crippen LogP contribution in [0.2, 0.25) is 0 Å². The Kier molecular flexibility index (Phi) is 7.97. The van der Waals surface area contributed by atoms with Gasteiger partial charge in [-0.25, -0.2) is 9.97 Å². The summed E-state index contributed by atoms with van der Waals surface area (Å²) in [5, 5.41) is 2.86. The van der Waals surface area contributed by atoms with Crippen molar-refractivity contribution < 1.29 is 18.3 Å². The number of rotatable bonds is 9. The van der Waals surface area contributed by atoms with Gasteiger partial charge in [-0.3, -0.25) is 4.79 Å². The van der Waals surface area contributed by atoms with Crippen LogP contribution in [0, 0.1) is 20.8 Å². The molecule has 27 heavy (non-hydrogen) atoms. The van der Waals surface area contributed by atoms with Crippen molar-refractivity contribution in [1.82, 2.24) is 15.3 Å². The van der Waals surface area contributed by atoms with Crippen LogP contribution in [0.4, 0.5) is 8.78 Å². The van der Waals surface area contributed by atoms with Crippen molar-refractivity contribution in [3.63, 3.8) is 0 Å². The lowest BCUT2D eigenvalue weighted by molar-refractivity contribution is -0.121. The molecular weight excluding hydrogens is 372 g/mol. The fourth-order valence-corrected chi connectivity index (χ4v) is 3.13. The maximum absolute atomic E-state index is 12.4. The molecule has 1 aromatic heterocycles. The second-order valence-corrected chi connectivity index (χ2v) is 7.01. The molecule has 0 unspecified atom stereocenters. The van der Waals surface area contributed by atoms with Crippen LogP contribution in [0.5, 0.6) is 5.75 Å². The SMILES string of the molecule is Cc1cccc(OCCNC(=O)CCc2c(C)nc(SC(F)F)nc2C)c1. The van der Waals surface area contributed by atoms with Gasteiger partial charge in [0.05, 0.1) is 6.54 Å². The summed E-state index contributed by atoms with van der Waals surface area (Å²) < 4.78 is 30.5. The maximum atomic E-state index is 12.4. The number of halogens is 2. The van der Waals surface area contributed by atoms with Crippen molar-refractivity contribution in [3.05, 3.63) is 46.8 Å². The van der Waals surface area contributed by atoms with Crippen LogP contribution >= 0.6 is 11.8 Å². The van der Waals surface area contributed by atoms with Gasteiger partial charge in [-0.05, 0) is 62.2 Å². The molecule has 0 fully saturated rings. The topological polar surface area (TPSA) is 64.1 Å². The lowest BCUT2D eigenvalue weighted by atomic mass is 10.1. The predicted octanol–water partition coefficient (Wildman–Crippen LogP) is 3.84. The van der Waals surface area contributed by atoms with Crippen molar-refractivity contribution >= 4 is 17.7 Å². The van der Waals surface area contributed by atoms with Crippen molar-refractivity contribution in [2.24, 2.45) is 0 Å². The van der Waals surface area contributed by atoms with E-state index in [9.17, 15) is 13.6 Å². The smallest absolute Gasteiger partial charge is 0.291 e. The Morgan fingerprint density at radius 2 is 1.93 bits per heavy atom. The lowest BCUT2D eigenvalue weighted by Crippen LogP contribution is -2.28. The highest BCUT2D eigenvalue weighted by atomic mass is 32.2. The minimum absolute atomic E-state index is 0.0569. The molecule has 0 bridgehead atoms. The largest absolute Gasteiger partial charge is 0.492 e. The number of carbonyl (C=O) groups is 1. The number of alkyl halides is 2. The molecule has 0 saturated heterocycles. The number of ether oxygens (including phenoxy) is 1. The van der Waals surface area contributed by atoms with E-state index in [1.807, 2.05) is 31.2 Å². The highest BCUT2D eigenvalue weighted by molar-refractivity contribution is 7.99. The van der Waals surface area contributed by atoms with E-state index >= 15 is 0 Å². The van der Waals surface area contributed by atoms with E-state index in [-0.39, 0.29) is 17.5 Å². The molecule has 2 rings (SSSR count). The molecule has 1 amide bonds. The molecule has 0 aliphatic heterocycles. The Labute approximate surface area is 161 Å². The normalized spacial score (nSPS) is 10.9. The number of carbonyl (C=O) groups excluding carboxylic acids is 1. The number of benzene rings is 1. The first-order valence-electron chi connectivity index (χ1n) is 8.60. The molecule has 1 N–H and O–H groups in total. The van der Waals surface area contributed by atoms with Crippen LogP contribution in [0.1, 0.15) is 28.9 Å². The van der Waals surface area contributed by atoms with Crippen LogP contribution in [-0.4, -0.2) is 34.8 Å². The minimum atomic E-state index is -2.55. The first kappa shape index (κ1) is 21.1. The van der Waals surface area contributed by atoms with Crippen LogP contribution in [0.3, 0.4) is 0 Å². The van der Waals surface area contributed by atoms with Gasteiger partial charge in [0, 0.05) is 17.8 Å². The van der Waals surface area contributed by atoms with E-state index in [0.29, 0.717) is 42.7 Å². The van der Waals surface area contributed by atoms with Gasteiger partial charge in [0.2, 0.25) is 5.91 Å². The zero-order chi connectivity index (χ0) is 19.8. The standard InChI is InChI=1S/C19H23F2N3O2S/c1-12-5-4-6-15(11-12)26-10-9-22-17(25)8-7-16-13(2)23-19(24-14(16)3)27-18(20)21/h4-6,11,18H,7-10H2,1-3H3,(H,22,25). The van der Waals surface area contributed by atoms with Crippen LogP contribution in [-0.2, 0) is 11.2 Å². The molecule has 8 heteroatoms. The summed E-state index contributed by atoms with van der Waals surface area (Å²) in [5.41, 5.74) is 3.18. The van der Waals surface area contributed by atoms with Crippen molar-refractivity contribution in [3.8, 4) is 5.75 Å². The Morgan fingerprint density at radius 3 is 2.56 bits per heavy atom. The number of thioether (sulfide) groups is 1. The van der Waals surface area contributed by atoms with E-state index in [0.717, 1.165) is 16.9 Å². The molecule has 2 aromatic rings. The monoisotopic (exact) mass is 395 g/mol. The van der Waals surface area contributed by atoms with Crippen molar-refractivity contribution in [2.45, 2.75) is 44.5 Å². The van der Waals surface area contributed by atoms with E-state index in [1.165, 1.54) is 0 Å². The zero-order valence-corrected chi connectivity index (χ0v) is 16.4. The van der Waals surface area contributed by atoms with Gasteiger partial charge in [0.1, 0.15) is 12.4 Å². The second kappa shape index (κ2) is 10.2. The van der Waals surface area contributed by atoms with Crippen LogP contribution in [0.25, 0.3) is 0 Å². The van der Waals surface area contributed by atoms with E-state index in [2.05, 4.69) is 15.3 Å². The maximum Gasteiger partial charge on any atom is 0.291 e. The molecular formula is C19H23F2N3O2S. The summed E-state index contributed by atoms with van der Waals surface area (Å²) in [6.07, 6.45) is 0.735. The summed E-state index contributed by atoms with van der Waals surface area (Å²) in [6.45, 7) is 6.27. The third-order valence-corrected chi connectivity index (χ3v) is 4.45. The van der Waals surface area contributed by atoms with E-state index in [4.69, 9.17) is 4.74 Å². The molecule has 146 valence electrons. The summed E-state index contributed by atoms with van der Waals surface area (Å²) in [4.78, 5) is 20.2.